The van der Waals surface area contributed by atoms with Crippen LogP contribution in [0.25, 0.3) is 0 Å². The Kier molecular flexibility index (Phi) is 5.45. The van der Waals surface area contributed by atoms with Crippen LogP contribution >= 0.6 is 0 Å². The third-order valence-electron chi connectivity index (χ3n) is 3.34. The second-order valence-corrected chi connectivity index (χ2v) is 5.92. The Morgan fingerprint density at radius 1 is 1.14 bits per heavy atom. The topological polar surface area (TPSA) is 34.4 Å². The molecule has 0 fully saturated rings. The summed E-state index contributed by atoms with van der Waals surface area (Å²) >= 11 is 0. The lowest BCUT2D eigenvalue weighted by molar-refractivity contribution is 0.303. The zero-order valence-electron chi connectivity index (χ0n) is 13.4. The molecule has 114 valence electrons. The maximum Gasteiger partial charge on any atom is 0.119 e. The van der Waals surface area contributed by atoms with Crippen molar-refractivity contribution < 1.29 is 9.15 Å². The third-order valence-corrected chi connectivity index (χ3v) is 3.34. The van der Waals surface area contributed by atoms with Crippen LogP contribution in [-0.2, 0) is 13.2 Å². The zero-order chi connectivity index (χ0) is 15.2. The fraction of sp³-hybridized carbons (Fsp3) is 0.444. The molecule has 2 aromatic rings. The van der Waals surface area contributed by atoms with Gasteiger partial charge in [0.2, 0.25) is 0 Å². The van der Waals surface area contributed by atoms with Gasteiger partial charge in [0, 0.05) is 5.56 Å². The van der Waals surface area contributed by atoms with Gasteiger partial charge in [-0.05, 0) is 44.5 Å². The largest absolute Gasteiger partial charge is 0.489 e. The van der Waals surface area contributed by atoms with E-state index in [4.69, 9.17) is 9.15 Å². The number of aryl methyl sites for hydroxylation is 2. The maximum atomic E-state index is 5.80. The lowest BCUT2D eigenvalue weighted by Gasteiger charge is -2.05. The van der Waals surface area contributed by atoms with Crippen LogP contribution in [-0.4, -0.2) is 6.54 Å². The van der Waals surface area contributed by atoms with E-state index in [1.807, 2.05) is 19.1 Å². The van der Waals surface area contributed by atoms with Crippen molar-refractivity contribution in [1.82, 2.24) is 5.32 Å². The molecule has 0 saturated carbocycles. The average Bonchev–Trinajstić information content (AvgIpc) is 2.78. The van der Waals surface area contributed by atoms with Gasteiger partial charge in [-0.3, -0.25) is 0 Å². The Labute approximate surface area is 127 Å². The van der Waals surface area contributed by atoms with Gasteiger partial charge in [0.05, 0.1) is 6.54 Å². The molecule has 0 amide bonds. The van der Waals surface area contributed by atoms with E-state index >= 15 is 0 Å². The molecule has 0 saturated heterocycles. The second kappa shape index (κ2) is 7.32. The summed E-state index contributed by atoms with van der Waals surface area (Å²) in [6.45, 7) is 10.8. The standard InChI is InChI=1S/C18H25NO2/c1-13(2)10-19-11-18-9-16(15(4)21-18)12-20-17-7-5-14(3)6-8-17/h5-9,13,19H,10-12H2,1-4H3. The summed E-state index contributed by atoms with van der Waals surface area (Å²) < 4.78 is 11.6. The summed E-state index contributed by atoms with van der Waals surface area (Å²) in [5.41, 5.74) is 2.34. The molecule has 1 aromatic carbocycles. The molecule has 0 spiro atoms. The van der Waals surface area contributed by atoms with Crippen molar-refractivity contribution in [3.05, 3.63) is 53.0 Å². The van der Waals surface area contributed by atoms with Crippen molar-refractivity contribution in [1.29, 1.82) is 0 Å². The van der Waals surface area contributed by atoms with E-state index in [1.54, 1.807) is 0 Å². The first-order valence-corrected chi connectivity index (χ1v) is 7.53. The minimum Gasteiger partial charge on any atom is -0.489 e. The van der Waals surface area contributed by atoms with E-state index < -0.39 is 0 Å². The highest BCUT2D eigenvalue weighted by atomic mass is 16.5. The third kappa shape index (κ3) is 4.94. The Balaban J connectivity index is 1.88. The monoisotopic (exact) mass is 287 g/mol. The lowest BCUT2D eigenvalue weighted by atomic mass is 10.2. The minimum absolute atomic E-state index is 0.544. The molecule has 0 aliphatic heterocycles. The predicted octanol–water partition coefficient (Wildman–Crippen LogP) is 4.22. The minimum atomic E-state index is 0.544. The van der Waals surface area contributed by atoms with Gasteiger partial charge in [0.15, 0.2) is 0 Å². The van der Waals surface area contributed by atoms with Crippen LogP contribution in [0.3, 0.4) is 0 Å². The first-order valence-electron chi connectivity index (χ1n) is 7.53. The Morgan fingerprint density at radius 3 is 2.52 bits per heavy atom. The molecular weight excluding hydrogens is 262 g/mol. The Hall–Kier alpha value is -1.74. The van der Waals surface area contributed by atoms with Crippen LogP contribution in [0, 0.1) is 19.8 Å². The molecule has 0 unspecified atom stereocenters. The van der Waals surface area contributed by atoms with Gasteiger partial charge in [-0.25, -0.2) is 0 Å². The Morgan fingerprint density at radius 2 is 1.86 bits per heavy atom. The molecule has 21 heavy (non-hydrogen) atoms. The molecule has 0 aliphatic rings. The van der Waals surface area contributed by atoms with Gasteiger partial charge in [-0.1, -0.05) is 31.5 Å². The number of hydrogen-bond donors (Lipinski definition) is 1. The number of rotatable bonds is 7. The molecule has 1 aromatic heterocycles. The first kappa shape index (κ1) is 15.6. The summed E-state index contributed by atoms with van der Waals surface area (Å²) in [5, 5.41) is 3.39. The molecule has 1 N–H and O–H groups in total. The van der Waals surface area contributed by atoms with Gasteiger partial charge in [-0.15, -0.1) is 0 Å². The van der Waals surface area contributed by atoms with E-state index in [2.05, 4.69) is 44.3 Å². The van der Waals surface area contributed by atoms with Gasteiger partial charge >= 0.3 is 0 Å². The normalized spacial score (nSPS) is 11.1. The molecular formula is C18H25NO2. The molecule has 0 atom stereocenters. The molecule has 0 bridgehead atoms. The highest BCUT2D eigenvalue weighted by molar-refractivity contribution is 5.27. The van der Waals surface area contributed by atoms with Crippen molar-refractivity contribution in [2.75, 3.05) is 6.54 Å². The van der Waals surface area contributed by atoms with E-state index in [9.17, 15) is 0 Å². The van der Waals surface area contributed by atoms with E-state index in [-0.39, 0.29) is 0 Å². The Bertz CT molecular complexity index is 555. The highest BCUT2D eigenvalue weighted by Crippen LogP contribution is 2.18. The van der Waals surface area contributed by atoms with Crippen LogP contribution in [0.4, 0.5) is 0 Å². The van der Waals surface area contributed by atoms with Crippen molar-refractivity contribution in [2.45, 2.75) is 40.8 Å². The van der Waals surface area contributed by atoms with E-state index in [0.29, 0.717) is 12.5 Å². The van der Waals surface area contributed by atoms with Crippen molar-refractivity contribution in [2.24, 2.45) is 5.92 Å². The summed E-state index contributed by atoms with van der Waals surface area (Å²) in [7, 11) is 0. The van der Waals surface area contributed by atoms with Gasteiger partial charge in [0.25, 0.3) is 0 Å². The van der Waals surface area contributed by atoms with Crippen LogP contribution in [0.2, 0.25) is 0 Å². The average molecular weight is 287 g/mol. The number of hydrogen-bond acceptors (Lipinski definition) is 3. The summed E-state index contributed by atoms with van der Waals surface area (Å²) in [4.78, 5) is 0. The number of benzene rings is 1. The summed E-state index contributed by atoms with van der Waals surface area (Å²) in [6.07, 6.45) is 0. The highest BCUT2D eigenvalue weighted by Gasteiger charge is 2.08. The summed E-state index contributed by atoms with van der Waals surface area (Å²) in [5.74, 6) is 3.44. The van der Waals surface area contributed by atoms with Crippen LogP contribution in [0.15, 0.2) is 34.7 Å². The fourth-order valence-corrected chi connectivity index (χ4v) is 2.10. The maximum absolute atomic E-state index is 5.80. The van der Waals surface area contributed by atoms with E-state index in [1.165, 1.54) is 5.56 Å². The molecule has 0 aliphatic carbocycles. The first-order chi connectivity index (χ1) is 10.0. The van der Waals surface area contributed by atoms with Gasteiger partial charge in [-0.2, -0.15) is 0 Å². The second-order valence-electron chi connectivity index (χ2n) is 5.92. The molecule has 3 nitrogen and oxygen atoms in total. The zero-order valence-corrected chi connectivity index (χ0v) is 13.4. The quantitative estimate of drug-likeness (QED) is 0.828. The SMILES string of the molecule is Cc1ccc(OCc2cc(CNCC(C)C)oc2C)cc1. The molecule has 3 heteroatoms. The van der Waals surface area contributed by atoms with Crippen molar-refractivity contribution >= 4 is 0 Å². The van der Waals surface area contributed by atoms with Crippen LogP contribution < -0.4 is 10.1 Å². The molecule has 1 heterocycles. The van der Waals surface area contributed by atoms with Crippen LogP contribution in [0.1, 0.15) is 36.5 Å². The van der Waals surface area contributed by atoms with Gasteiger partial charge < -0.3 is 14.5 Å². The predicted molar refractivity (Wildman–Crippen MR) is 85.5 cm³/mol. The lowest BCUT2D eigenvalue weighted by Crippen LogP contribution is -2.18. The smallest absolute Gasteiger partial charge is 0.119 e. The molecule has 2 rings (SSSR count). The number of furan rings is 1. The van der Waals surface area contributed by atoms with Crippen molar-refractivity contribution in [3.63, 3.8) is 0 Å². The fourth-order valence-electron chi connectivity index (χ4n) is 2.10. The summed E-state index contributed by atoms with van der Waals surface area (Å²) in [6, 6.07) is 10.2. The van der Waals surface area contributed by atoms with Crippen LogP contribution in [0.5, 0.6) is 5.75 Å². The van der Waals surface area contributed by atoms with Gasteiger partial charge in [0.1, 0.15) is 23.9 Å². The molecule has 0 radical (unpaired) electrons. The number of ether oxygens (including phenoxy) is 1. The van der Waals surface area contributed by atoms with E-state index in [0.717, 1.165) is 35.9 Å². The number of nitrogens with one attached hydrogen (secondary N) is 1. The van der Waals surface area contributed by atoms with Crippen molar-refractivity contribution in [3.8, 4) is 5.75 Å².